The van der Waals surface area contributed by atoms with Gasteiger partial charge in [-0.2, -0.15) is 18.3 Å². The molecule has 1 aliphatic heterocycles. The molecule has 0 aliphatic carbocycles. The van der Waals surface area contributed by atoms with E-state index < -0.39 is 23.9 Å². The van der Waals surface area contributed by atoms with Crippen LogP contribution in [0, 0.1) is 11.8 Å². The van der Waals surface area contributed by atoms with Crippen LogP contribution in [0.4, 0.5) is 18.9 Å². The number of anilines is 1. The van der Waals surface area contributed by atoms with E-state index in [0.717, 1.165) is 5.56 Å². The number of hydrogen-bond donors (Lipinski definition) is 2. The van der Waals surface area contributed by atoms with Crippen molar-refractivity contribution in [1.82, 2.24) is 20.3 Å². The highest BCUT2D eigenvalue weighted by atomic mass is 19.4. The number of benzene rings is 1. The van der Waals surface area contributed by atoms with E-state index in [2.05, 4.69) is 20.9 Å². The highest BCUT2D eigenvalue weighted by Crippen LogP contribution is 2.36. The minimum Gasteiger partial charge on any atom is -0.355 e. The van der Waals surface area contributed by atoms with Crippen molar-refractivity contribution < 1.29 is 22.5 Å². The highest BCUT2D eigenvalue weighted by molar-refractivity contribution is 6.03. The number of alkyl halides is 3. The van der Waals surface area contributed by atoms with E-state index in [0.29, 0.717) is 18.0 Å². The molecule has 0 radical (unpaired) electrons. The maximum Gasteiger partial charge on any atom is 0.392 e. The third kappa shape index (κ3) is 4.54. The molecule has 1 saturated heterocycles. The Morgan fingerprint density at radius 2 is 2.10 bits per heavy atom. The predicted molar refractivity (Wildman–Crippen MR) is 103 cm³/mol. The van der Waals surface area contributed by atoms with Gasteiger partial charge in [0.05, 0.1) is 17.8 Å². The third-order valence-corrected chi connectivity index (χ3v) is 5.14. The molecule has 4 rings (SSSR count). The van der Waals surface area contributed by atoms with Crippen LogP contribution in [0.1, 0.15) is 16.9 Å². The van der Waals surface area contributed by atoms with E-state index in [1.54, 1.807) is 0 Å². The third-order valence-electron chi connectivity index (χ3n) is 5.14. The molecule has 0 saturated carbocycles. The second-order valence-electron chi connectivity index (χ2n) is 7.25. The summed E-state index contributed by atoms with van der Waals surface area (Å²) in [6, 6.07) is 10.7. The standard InChI is InChI=1S/C20H20F3N5O2/c21-20(22,23)16-6-7-24-9-14(16)11-28-12-15(10-25-28)26-19(29)17-8-18(30-27-17)13-4-2-1-3-5-13/h1-5,8,10,12,14,16,24H,6-7,9,11H2,(H,26,29). The fourth-order valence-corrected chi connectivity index (χ4v) is 3.63. The summed E-state index contributed by atoms with van der Waals surface area (Å²) in [5, 5.41) is 13.5. The lowest BCUT2D eigenvalue weighted by Gasteiger charge is -2.33. The fraction of sp³-hybridized carbons (Fsp3) is 0.350. The van der Waals surface area contributed by atoms with Crippen molar-refractivity contribution in [3.05, 3.63) is 54.5 Å². The van der Waals surface area contributed by atoms with Gasteiger partial charge in [0.15, 0.2) is 11.5 Å². The van der Waals surface area contributed by atoms with Crippen molar-refractivity contribution in [2.24, 2.45) is 11.8 Å². The van der Waals surface area contributed by atoms with Gasteiger partial charge >= 0.3 is 6.18 Å². The maximum atomic E-state index is 13.3. The van der Waals surface area contributed by atoms with Gasteiger partial charge in [-0.15, -0.1) is 0 Å². The molecule has 3 aromatic rings. The van der Waals surface area contributed by atoms with E-state index in [1.165, 1.54) is 23.1 Å². The summed E-state index contributed by atoms with van der Waals surface area (Å²) in [4.78, 5) is 12.4. The number of amides is 1. The number of nitrogens with one attached hydrogen (secondary N) is 2. The second-order valence-corrected chi connectivity index (χ2v) is 7.25. The van der Waals surface area contributed by atoms with Crippen LogP contribution in [0.5, 0.6) is 0 Å². The summed E-state index contributed by atoms with van der Waals surface area (Å²) in [5.74, 6) is -2.02. The topological polar surface area (TPSA) is 85.0 Å². The molecule has 1 aromatic carbocycles. The molecule has 2 N–H and O–H groups in total. The quantitative estimate of drug-likeness (QED) is 0.660. The van der Waals surface area contributed by atoms with Crippen LogP contribution in [-0.2, 0) is 6.54 Å². The zero-order valence-corrected chi connectivity index (χ0v) is 15.9. The monoisotopic (exact) mass is 419 g/mol. The van der Waals surface area contributed by atoms with Crippen molar-refractivity contribution in [2.45, 2.75) is 19.1 Å². The Hall–Kier alpha value is -3.14. The van der Waals surface area contributed by atoms with Crippen LogP contribution in [0.15, 0.2) is 53.3 Å². The number of nitrogens with zero attached hydrogens (tertiary/aromatic N) is 3. The van der Waals surface area contributed by atoms with Crippen LogP contribution in [-0.4, -0.2) is 40.1 Å². The lowest BCUT2D eigenvalue weighted by molar-refractivity contribution is -0.195. The molecular weight excluding hydrogens is 399 g/mol. The van der Waals surface area contributed by atoms with Crippen LogP contribution in [0.2, 0.25) is 0 Å². The minimum atomic E-state index is -4.24. The van der Waals surface area contributed by atoms with Gasteiger partial charge in [0.25, 0.3) is 5.91 Å². The molecule has 158 valence electrons. The molecule has 2 unspecified atom stereocenters. The van der Waals surface area contributed by atoms with E-state index in [4.69, 9.17) is 4.52 Å². The van der Waals surface area contributed by atoms with E-state index in [-0.39, 0.29) is 25.2 Å². The second kappa shape index (κ2) is 8.31. The molecule has 1 fully saturated rings. The first kappa shape index (κ1) is 20.1. The molecule has 7 nitrogen and oxygen atoms in total. The Kier molecular flexibility index (Phi) is 5.58. The van der Waals surface area contributed by atoms with Gasteiger partial charge in [-0.25, -0.2) is 0 Å². The van der Waals surface area contributed by atoms with Crippen molar-refractivity contribution in [1.29, 1.82) is 0 Å². The van der Waals surface area contributed by atoms with Crippen LogP contribution >= 0.6 is 0 Å². The minimum absolute atomic E-state index is 0.0505. The number of aromatic nitrogens is 3. The first-order chi connectivity index (χ1) is 14.4. The molecule has 30 heavy (non-hydrogen) atoms. The number of hydrogen-bond acceptors (Lipinski definition) is 5. The van der Waals surface area contributed by atoms with E-state index in [9.17, 15) is 18.0 Å². The Morgan fingerprint density at radius 3 is 2.87 bits per heavy atom. The molecule has 2 atom stereocenters. The first-order valence-electron chi connectivity index (χ1n) is 9.53. The largest absolute Gasteiger partial charge is 0.392 e. The van der Waals surface area contributed by atoms with Crippen LogP contribution in [0.3, 0.4) is 0 Å². The summed E-state index contributed by atoms with van der Waals surface area (Å²) in [6.45, 7) is 0.728. The van der Waals surface area contributed by atoms with Crippen molar-refractivity contribution in [2.75, 3.05) is 18.4 Å². The molecule has 10 heteroatoms. The Bertz CT molecular complexity index is 999. The average molecular weight is 419 g/mol. The highest BCUT2D eigenvalue weighted by Gasteiger charge is 2.45. The number of piperidine rings is 1. The van der Waals surface area contributed by atoms with Gasteiger partial charge in [0.1, 0.15) is 0 Å². The fourth-order valence-electron chi connectivity index (χ4n) is 3.63. The van der Waals surface area contributed by atoms with E-state index in [1.807, 2.05) is 30.3 Å². The summed E-state index contributed by atoms with van der Waals surface area (Å²) >= 11 is 0. The molecule has 0 bridgehead atoms. The lowest BCUT2D eigenvalue weighted by atomic mass is 9.86. The van der Waals surface area contributed by atoms with E-state index >= 15 is 0 Å². The van der Waals surface area contributed by atoms with Gasteiger partial charge in [-0.1, -0.05) is 35.5 Å². The Balaban J connectivity index is 1.40. The molecular formula is C20H20F3N5O2. The Morgan fingerprint density at radius 1 is 1.30 bits per heavy atom. The van der Waals surface area contributed by atoms with Crippen molar-refractivity contribution in [3.8, 4) is 11.3 Å². The van der Waals surface area contributed by atoms with Crippen molar-refractivity contribution >= 4 is 11.6 Å². The van der Waals surface area contributed by atoms with Crippen LogP contribution in [0.25, 0.3) is 11.3 Å². The molecule has 2 aromatic heterocycles. The average Bonchev–Trinajstić information content (AvgIpc) is 3.38. The van der Waals surface area contributed by atoms with Gasteiger partial charge in [-0.05, 0) is 13.0 Å². The van der Waals surface area contributed by atoms with Gasteiger partial charge in [-0.3, -0.25) is 9.48 Å². The number of rotatable bonds is 5. The maximum absolute atomic E-state index is 13.3. The first-order valence-corrected chi connectivity index (χ1v) is 9.53. The van der Waals surface area contributed by atoms with Gasteiger partial charge in [0.2, 0.25) is 0 Å². The van der Waals surface area contributed by atoms with Crippen molar-refractivity contribution in [3.63, 3.8) is 0 Å². The molecule has 0 spiro atoms. The van der Waals surface area contributed by atoms with Gasteiger partial charge < -0.3 is 15.2 Å². The molecule has 1 aliphatic rings. The summed E-state index contributed by atoms with van der Waals surface area (Å²) in [6.07, 6.45) is -1.28. The number of carbonyl (C=O) groups excluding carboxylic acids is 1. The normalized spacial score (nSPS) is 19.6. The predicted octanol–water partition coefficient (Wildman–Crippen LogP) is 3.58. The molecule has 1 amide bonds. The summed E-state index contributed by atoms with van der Waals surface area (Å²) in [5.41, 5.74) is 1.25. The SMILES string of the molecule is O=C(Nc1cnn(CC2CNCCC2C(F)(F)F)c1)c1cc(-c2ccccc2)on1. The lowest BCUT2D eigenvalue weighted by Crippen LogP contribution is -2.45. The zero-order chi connectivity index (χ0) is 21.1. The molecule has 3 heterocycles. The summed E-state index contributed by atoms with van der Waals surface area (Å²) < 4.78 is 46.4. The number of carbonyl (C=O) groups is 1. The zero-order valence-electron chi connectivity index (χ0n) is 15.9. The summed E-state index contributed by atoms with van der Waals surface area (Å²) in [7, 11) is 0. The Labute approximate surface area is 170 Å². The number of halogens is 3. The van der Waals surface area contributed by atoms with Crippen LogP contribution < -0.4 is 10.6 Å². The van der Waals surface area contributed by atoms with Gasteiger partial charge in [0, 0.05) is 36.8 Å². The smallest absolute Gasteiger partial charge is 0.355 e.